The van der Waals surface area contributed by atoms with Crippen molar-refractivity contribution in [3.63, 3.8) is 0 Å². The molecule has 0 bridgehead atoms. The first-order valence-electron chi connectivity index (χ1n) is 4.53. The highest BCUT2D eigenvalue weighted by Crippen LogP contribution is 2.11. The molecule has 0 saturated heterocycles. The highest BCUT2D eigenvalue weighted by atomic mass is 32.2. The average molecular weight is 232 g/mol. The summed E-state index contributed by atoms with van der Waals surface area (Å²) in [5.41, 5.74) is 0. The first kappa shape index (κ1) is 12.2. The molecule has 15 heavy (non-hydrogen) atoms. The molecule has 0 atom stereocenters. The molecule has 0 N–H and O–H groups in total. The van der Waals surface area contributed by atoms with Crippen molar-refractivity contribution < 1.29 is 12.8 Å². The van der Waals surface area contributed by atoms with Gasteiger partial charge in [0, 0.05) is 21.1 Å². The van der Waals surface area contributed by atoms with Gasteiger partial charge in [0.1, 0.15) is 11.5 Å². The van der Waals surface area contributed by atoms with Gasteiger partial charge in [-0.1, -0.05) is 0 Å². The monoisotopic (exact) mass is 232 g/mol. The van der Waals surface area contributed by atoms with Gasteiger partial charge in [-0.2, -0.15) is 17.0 Å². The quantitative estimate of drug-likeness (QED) is 0.772. The van der Waals surface area contributed by atoms with Crippen molar-refractivity contribution in [2.45, 2.75) is 13.5 Å². The summed E-state index contributed by atoms with van der Waals surface area (Å²) in [4.78, 5) is 0. The molecule has 0 radical (unpaired) electrons. The lowest BCUT2D eigenvalue weighted by Crippen LogP contribution is -2.36. The summed E-state index contributed by atoms with van der Waals surface area (Å²) in [6.07, 6.45) is 0. The molecule has 0 spiro atoms. The molecule has 0 fully saturated rings. The van der Waals surface area contributed by atoms with E-state index >= 15 is 0 Å². The van der Waals surface area contributed by atoms with Gasteiger partial charge in [0.2, 0.25) is 0 Å². The summed E-state index contributed by atoms with van der Waals surface area (Å²) in [6, 6.07) is 3.59. The van der Waals surface area contributed by atoms with Crippen molar-refractivity contribution in [3.05, 3.63) is 23.7 Å². The Balaban J connectivity index is 2.76. The fourth-order valence-corrected chi connectivity index (χ4v) is 2.00. The Morgan fingerprint density at radius 2 is 1.87 bits per heavy atom. The van der Waals surface area contributed by atoms with Crippen LogP contribution in [0, 0.1) is 6.92 Å². The third-order valence-electron chi connectivity index (χ3n) is 2.03. The van der Waals surface area contributed by atoms with Gasteiger partial charge in [0.25, 0.3) is 10.2 Å². The maximum absolute atomic E-state index is 11.7. The van der Waals surface area contributed by atoms with Crippen LogP contribution in [0.25, 0.3) is 0 Å². The van der Waals surface area contributed by atoms with Crippen LogP contribution in [0.4, 0.5) is 0 Å². The highest BCUT2D eigenvalue weighted by Gasteiger charge is 2.21. The molecule has 5 nitrogen and oxygen atoms in total. The fourth-order valence-electron chi connectivity index (χ4n) is 1.15. The number of furan rings is 1. The van der Waals surface area contributed by atoms with Gasteiger partial charge in [-0.05, 0) is 19.1 Å². The van der Waals surface area contributed by atoms with Gasteiger partial charge in [-0.25, -0.2) is 0 Å². The van der Waals surface area contributed by atoms with Crippen LogP contribution in [0.3, 0.4) is 0 Å². The molecule has 0 aliphatic heterocycles. The Morgan fingerprint density at radius 1 is 1.27 bits per heavy atom. The van der Waals surface area contributed by atoms with Crippen LogP contribution in [0.2, 0.25) is 0 Å². The molecular formula is C9H16N2O3S. The highest BCUT2D eigenvalue weighted by molar-refractivity contribution is 7.86. The van der Waals surface area contributed by atoms with Crippen LogP contribution in [0.5, 0.6) is 0 Å². The summed E-state index contributed by atoms with van der Waals surface area (Å²) >= 11 is 0. The van der Waals surface area contributed by atoms with E-state index in [4.69, 9.17) is 4.42 Å². The van der Waals surface area contributed by atoms with Gasteiger partial charge in [0.15, 0.2) is 0 Å². The first-order valence-corrected chi connectivity index (χ1v) is 5.93. The molecule has 6 heteroatoms. The molecule has 1 heterocycles. The van der Waals surface area contributed by atoms with Gasteiger partial charge in [-0.3, -0.25) is 0 Å². The fraction of sp³-hybridized carbons (Fsp3) is 0.556. The summed E-state index contributed by atoms with van der Waals surface area (Å²) in [7, 11) is 1.16. The Morgan fingerprint density at radius 3 is 2.27 bits per heavy atom. The van der Waals surface area contributed by atoms with E-state index < -0.39 is 10.2 Å². The zero-order valence-electron chi connectivity index (χ0n) is 9.39. The van der Waals surface area contributed by atoms with E-state index in [9.17, 15) is 8.42 Å². The van der Waals surface area contributed by atoms with Crippen LogP contribution in [-0.4, -0.2) is 38.2 Å². The van der Waals surface area contributed by atoms with E-state index in [1.165, 1.54) is 29.8 Å². The predicted octanol–water partition coefficient (Wildman–Crippen LogP) is 0.826. The molecule has 0 aromatic carbocycles. The van der Waals surface area contributed by atoms with E-state index in [0.717, 1.165) is 5.76 Å². The van der Waals surface area contributed by atoms with E-state index in [2.05, 4.69) is 0 Å². The molecule has 1 aromatic rings. The van der Waals surface area contributed by atoms with Crippen LogP contribution >= 0.6 is 0 Å². The minimum atomic E-state index is -3.36. The minimum Gasteiger partial charge on any atom is -0.465 e. The lowest BCUT2D eigenvalue weighted by molar-refractivity contribution is 0.373. The summed E-state index contributed by atoms with van der Waals surface area (Å²) in [5.74, 6) is 1.42. The second-order valence-corrected chi connectivity index (χ2v) is 5.81. The third-order valence-corrected chi connectivity index (χ3v) is 3.87. The van der Waals surface area contributed by atoms with E-state index in [0.29, 0.717) is 5.76 Å². The van der Waals surface area contributed by atoms with Crippen molar-refractivity contribution in [2.75, 3.05) is 21.1 Å². The summed E-state index contributed by atoms with van der Waals surface area (Å²) in [5, 5.41) is 0. The van der Waals surface area contributed by atoms with Gasteiger partial charge >= 0.3 is 0 Å². The zero-order valence-corrected chi connectivity index (χ0v) is 10.2. The van der Waals surface area contributed by atoms with Gasteiger partial charge in [0.05, 0.1) is 6.54 Å². The van der Waals surface area contributed by atoms with E-state index in [1.807, 2.05) is 13.0 Å². The summed E-state index contributed by atoms with van der Waals surface area (Å²) < 4.78 is 31.0. The lowest BCUT2D eigenvalue weighted by atomic mass is 10.4. The second-order valence-electron chi connectivity index (χ2n) is 3.56. The molecule has 0 aliphatic rings. The van der Waals surface area contributed by atoms with Gasteiger partial charge < -0.3 is 4.42 Å². The smallest absolute Gasteiger partial charge is 0.281 e. The standard InChI is InChI=1S/C9H16N2O3S/c1-8-5-6-9(14-8)7-11(4)15(12,13)10(2)3/h5-6H,7H2,1-4H3. The number of aryl methyl sites for hydroxylation is 1. The Hall–Kier alpha value is -0.850. The number of hydrogen-bond acceptors (Lipinski definition) is 3. The van der Waals surface area contributed by atoms with Gasteiger partial charge in [-0.15, -0.1) is 0 Å². The number of nitrogens with zero attached hydrogens (tertiary/aromatic N) is 2. The van der Waals surface area contributed by atoms with E-state index in [-0.39, 0.29) is 6.54 Å². The first-order chi connectivity index (χ1) is 6.84. The Bertz CT molecular complexity index is 422. The molecule has 0 amide bonds. The van der Waals surface area contributed by atoms with Crippen LogP contribution in [0.1, 0.15) is 11.5 Å². The Labute approximate surface area is 90.5 Å². The van der Waals surface area contributed by atoms with Crippen molar-refractivity contribution >= 4 is 10.2 Å². The average Bonchev–Trinajstić information content (AvgIpc) is 2.50. The lowest BCUT2D eigenvalue weighted by Gasteiger charge is -2.20. The largest absolute Gasteiger partial charge is 0.465 e. The molecule has 0 saturated carbocycles. The van der Waals surface area contributed by atoms with Crippen LogP contribution < -0.4 is 0 Å². The van der Waals surface area contributed by atoms with Crippen LogP contribution in [-0.2, 0) is 16.8 Å². The van der Waals surface area contributed by atoms with E-state index in [1.54, 1.807) is 6.07 Å². The van der Waals surface area contributed by atoms with Crippen LogP contribution in [0.15, 0.2) is 16.5 Å². The zero-order chi connectivity index (χ0) is 11.6. The molecular weight excluding hydrogens is 216 g/mol. The SMILES string of the molecule is Cc1ccc(CN(C)S(=O)(=O)N(C)C)o1. The molecule has 1 aromatic heterocycles. The predicted molar refractivity (Wildman–Crippen MR) is 57.5 cm³/mol. The third kappa shape index (κ3) is 2.80. The van der Waals surface area contributed by atoms with Crippen molar-refractivity contribution in [3.8, 4) is 0 Å². The maximum atomic E-state index is 11.7. The van der Waals surface area contributed by atoms with Crippen molar-refractivity contribution in [2.24, 2.45) is 0 Å². The summed E-state index contributed by atoms with van der Waals surface area (Å²) in [6.45, 7) is 2.07. The second kappa shape index (κ2) is 4.34. The Kier molecular flexibility index (Phi) is 3.54. The topological polar surface area (TPSA) is 53.8 Å². The number of hydrogen-bond donors (Lipinski definition) is 0. The number of rotatable bonds is 4. The normalized spacial score (nSPS) is 12.7. The molecule has 86 valence electrons. The molecule has 0 unspecified atom stereocenters. The van der Waals surface area contributed by atoms with Crippen molar-refractivity contribution in [1.82, 2.24) is 8.61 Å². The molecule has 1 rings (SSSR count). The van der Waals surface area contributed by atoms with Crippen molar-refractivity contribution in [1.29, 1.82) is 0 Å². The minimum absolute atomic E-state index is 0.244. The maximum Gasteiger partial charge on any atom is 0.281 e. The molecule has 0 aliphatic carbocycles.